The van der Waals surface area contributed by atoms with E-state index in [-0.39, 0.29) is 52.3 Å². The summed E-state index contributed by atoms with van der Waals surface area (Å²) in [7, 11) is 0. The van der Waals surface area contributed by atoms with Crippen LogP contribution >= 0.6 is 0 Å². The van der Waals surface area contributed by atoms with Crippen LogP contribution in [0, 0.1) is 5.92 Å². The molecule has 0 aliphatic heterocycles. The summed E-state index contributed by atoms with van der Waals surface area (Å²) in [4.78, 5) is 0. The van der Waals surface area contributed by atoms with Crippen molar-refractivity contribution in [3.05, 3.63) is 59.0 Å². The van der Waals surface area contributed by atoms with Crippen LogP contribution in [-0.2, 0) is 21.7 Å². The summed E-state index contributed by atoms with van der Waals surface area (Å²) >= 11 is 0. The first kappa shape index (κ1) is 27.6. The van der Waals surface area contributed by atoms with E-state index >= 15 is 0 Å². The number of hydrogen-bond donors (Lipinski definition) is 0. The number of rotatable bonds is 2. The first-order chi connectivity index (χ1) is 9.32. The maximum Gasteiger partial charge on any atom is 3.00 e. The molecule has 23 heavy (non-hydrogen) atoms. The van der Waals surface area contributed by atoms with Crippen LogP contribution in [0.1, 0.15) is 64.5 Å². The molecule has 4 heteroatoms. The zero-order valence-corrected chi connectivity index (χ0v) is 17.9. The van der Waals surface area contributed by atoms with Gasteiger partial charge in [0.2, 0.25) is 0 Å². The van der Waals surface area contributed by atoms with Gasteiger partial charge in [-0.25, -0.2) is 0 Å². The average molecular weight is 389 g/mol. The fourth-order valence-corrected chi connectivity index (χ4v) is 2.20. The maximum absolute atomic E-state index is 11.9. The number of hydrogen-bond acceptors (Lipinski definition) is 1. The van der Waals surface area contributed by atoms with Crippen molar-refractivity contribution in [3.63, 3.8) is 0 Å². The molecular formula is C19H26Cl2OTi. The Labute approximate surface area is 169 Å². The van der Waals surface area contributed by atoms with Gasteiger partial charge >= 0.3 is 21.7 Å². The summed E-state index contributed by atoms with van der Waals surface area (Å²) in [5.74, 6) is 2.24. The summed E-state index contributed by atoms with van der Waals surface area (Å²) in [5, 5.41) is 11.9. The van der Waals surface area contributed by atoms with Crippen LogP contribution in [-0.4, -0.2) is 0 Å². The average Bonchev–Trinajstić information content (AvgIpc) is 2.73. The Morgan fingerprint density at radius 1 is 0.826 bits per heavy atom. The van der Waals surface area contributed by atoms with Crippen molar-refractivity contribution in [1.29, 1.82) is 0 Å². The molecule has 1 aromatic carbocycles. The van der Waals surface area contributed by atoms with Crippen LogP contribution in [0.4, 0.5) is 0 Å². The van der Waals surface area contributed by atoms with Gasteiger partial charge in [0.25, 0.3) is 0 Å². The number of allylic oxidation sites excluding steroid dienone is 4. The first-order valence-corrected chi connectivity index (χ1v) is 7.32. The van der Waals surface area contributed by atoms with Crippen LogP contribution in [0.2, 0.25) is 0 Å². The minimum Gasteiger partial charge on any atom is -1.00 e. The summed E-state index contributed by atoms with van der Waals surface area (Å²) in [5.41, 5.74) is 3.23. The van der Waals surface area contributed by atoms with Gasteiger partial charge in [-0.1, -0.05) is 87.7 Å². The Balaban J connectivity index is -0.000000347. The van der Waals surface area contributed by atoms with Crippen LogP contribution in [0.15, 0.2) is 42.0 Å². The van der Waals surface area contributed by atoms with Gasteiger partial charge in [0.1, 0.15) is 0 Å². The smallest absolute Gasteiger partial charge is 1.00 e. The van der Waals surface area contributed by atoms with Crippen molar-refractivity contribution in [2.75, 3.05) is 0 Å². The third kappa shape index (κ3) is 9.00. The summed E-state index contributed by atoms with van der Waals surface area (Å²) in [6.07, 6.45) is 6.41. The third-order valence-corrected chi connectivity index (χ3v) is 3.38. The maximum atomic E-state index is 11.9. The number of halogens is 2. The second kappa shape index (κ2) is 13.1. The molecule has 0 atom stereocenters. The minimum absolute atomic E-state index is 0. The topological polar surface area (TPSA) is 23.1 Å². The van der Waals surface area contributed by atoms with Crippen LogP contribution in [0.25, 0.3) is 0 Å². The van der Waals surface area contributed by atoms with Gasteiger partial charge in [-0.05, 0) is 18.8 Å². The quantitative estimate of drug-likeness (QED) is 0.603. The van der Waals surface area contributed by atoms with Crippen LogP contribution < -0.4 is 29.9 Å². The molecule has 0 fully saturated rings. The summed E-state index contributed by atoms with van der Waals surface area (Å²) in [6, 6.07) is 5.84. The first-order valence-electron chi connectivity index (χ1n) is 7.32. The van der Waals surface area contributed by atoms with Crippen molar-refractivity contribution in [2.45, 2.75) is 53.4 Å². The molecule has 0 unspecified atom stereocenters. The normalized spacial score (nSPS) is 12.6. The minimum atomic E-state index is 0. The number of benzene rings is 1. The second-order valence-corrected chi connectivity index (χ2v) is 6.04. The van der Waals surface area contributed by atoms with E-state index < -0.39 is 0 Å². The predicted molar refractivity (Wildman–Crippen MR) is 85.9 cm³/mol. The molecule has 2 rings (SSSR count). The molecule has 0 aromatic heterocycles. The molecule has 0 saturated heterocycles. The van der Waals surface area contributed by atoms with E-state index in [1.165, 1.54) is 11.5 Å². The molecule has 126 valence electrons. The molecular weight excluding hydrogens is 363 g/mol. The molecule has 1 aliphatic rings. The Hall–Kier alpha value is -0.206. The third-order valence-electron chi connectivity index (χ3n) is 3.38. The molecule has 0 amide bonds. The van der Waals surface area contributed by atoms with Crippen molar-refractivity contribution >= 4 is 0 Å². The monoisotopic (exact) mass is 388 g/mol. The molecule has 0 spiro atoms. The van der Waals surface area contributed by atoms with E-state index in [1.807, 2.05) is 18.2 Å². The van der Waals surface area contributed by atoms with Crippen molar-refractivity contribution in [3.8, 4) is 5.75 Å². The van der Waals surface area contributed by atoms with E-state index in [2.05, 4.69) is 59.8 Å². The zero-order chi connectivity index (χ0) is 15.3. The van der Waals surface area contributed by atoms with Crippen LogP contribution in [0.3, 0.4) is 0 Å². The fraction of sp³-hybridized carbons (Fsp3) is 0.421. The van der Waals surface area contributed by atoms with E-state index in [0.717, 1.165) is 11.1 Å². The van der Waals surface area contributed by atoms with E-state index in [4.69, 9.17) is 0 Å². The molecule has 1 aromatic rings. The summed E-state index contributed by atoms with van der Waals surface area (Å²) in [6.45, 7) is 12.4. The second-order valence-electron chi connectivity index (χ2n) is 6.04. The molecule has 0 heterocycles. The van der Waals surface area contributed by atoms with Gasteiger partial charge in [0.05, 0.1) is 0 Å². The largest absolute Gasteiger partial charge is 3.00 e. The van der Waals surface area contributed by atoms with Gasteiger partial charge < -0.3 is 29.9 Å². The predicted octanol–water partition coefficient (Wildman–Crippen LogP) is -0.891. The van der Waals surface area contributed by atoms with E-state index in [1.54, 1.807) is 0 Å². The Morgan fingerprint density at radius 3 is 1.48 bits per heavy atom. The molecule has 1 aliphatic carbocycles. The van der Waals surface area contributed by atoms with Gasteiger partial charge in [0, 0.05) is 5.92 Å². The Bertz CT molecular complexity index is 482. The van der Waals surface area contributed by atoms with E-state index in [9.17, 15) is 5.11 Å². The molecule has 2 radical (unpaired) electrons. The van der Waals surface area contributed by atoms with Crippen molar-refractivity contribution in [1.82, 2.24) is 0 Å². The van der Waals surface area contributed by atoms with Crippen molar-refractivity contribution in [2.24, 2.45) is 0 Å². The standard InChI is InChI=1S/C12H18O.C7H9.2ClH.Ti/c1-8(2)10-6-5-7-11(9(3)4)12(10)13;1-6-3-4-7(2)5-6;;;/h5-9,13H,1-4H3;3-5H,1-2H3;2*1H;/q;;;;+3/p-3. The molecule has 0 bridgehead atoms. The Morgan fingerprint density at radius 2 is 1.26 bits per heavy atom. The van der Waals surface area contributed by atoms with Gasteiger partial charge in [-0.3, -0.25) is 0 Å². The number of para-hydroxylation sites is 1. The fourth-order valence-electron chi connectivity index (χ4n) is 2.20. The molecule has 0 N–H and O–H groups in total. The van der Waals surface area contributed by atoms with Gasteiger partial charge in [0.15, 0.2) is 0 Å². The Kier molecular flexibility index (Phi) is 15.8. The van der Waals surface area contributed by atoms with Crippen LogP contribution in [0.5, 0.6) is 5.75 Å². The van der Waals surface area contributed by atoms with Gasteiger partial charge in [-0.2, -0.15) is 0 Å². The molecule has 1 nitrogen and oxygen atoms in total. The van der Waals surface area contributed by atoms with Crippen molar-refractivity contribution < 1.29 is 51.6 Å². The zero-order valence-electron chi connectivity index (χ0n) is 14.8. The van der Waals surface area contributed by atoms with E-state index in [0.29, 0.717) is 11.8 Å². The summed E-state index contributed by atoms with van der Waals surface area (Å²) < 4.78 is 0. The molecule has 0 saturated carbocycles. The SMILES string of the molecule is CC(C)c1cccc(C(C)C)c1[O-].C[C]1C=CC(C)=C1.[Cl-].[Cl-].[Ti+3]. The van der Waals surface area contributed by atoms with Gasteiger partial charge in [-0.15, -0.1) is 5.75 Å².